The molecule has 0 spiro atoms. The van der Waals surface area contributed by atoms with Crippen LogP contribution in [-0.2, 0) is 0 Å². The SMILES string of the molecule is CC(C)CCC[C@H](C)[C@@H]1CC[C@@H]2C3CC[C@H]4CCCC[C@]4(C)C3CC[C@@]21C. The summed E-state index contributed by atoms with van der Waals surface area (Å²) in [5, 5.41) is 0. The second-order valence-electron chi connectivity index (χ2n) is 12.4. The van der Waals surface area contributed by atoms with E-state index in [1.165, 1.54) is 32.1 Å². The first-order valence-electron chi connectivity index (χ1n) is 12.9. The lowest BCUT2D eigenvalue weighted by Crippen LogP contribution is -2.53. The van der Waals surface area contributed by atoms with Gasteiger partial charge in [-0.25, -0.2) is 0 Å². The second kappa shape index (κ2) is 7.68. The van der Waals surface area contributed by atoms with Crippen LogP contribution >= 0.6 is 0 Å². The Morgan fingerprint density at radius 1 is 0.741 bits per heavy atom. The van der Waals surface area contributed by atoms with Gasteiger partial charge >= 0.3 is 0 Å². The van der Waals surface area contributed by atoms with Gasteiger partial charge in [-0.15, -0.1) is 0 Å². The smallest absolute Gasteiger partial charge is 0.0264 e. The third kappa shape index (κ3) is 3.44. The largest absolute Gasteiger partial charge is 0.0628 e. The van der Waals surface area contributed by atoms with E-state index in [2.05, 4.69) is 34.6 Å². The van der Waals surface area contributed by atoms with Gasteiger partial charge in [-0.2, -0.15) is 0 Å². The minimum atomic E-state index is 0.677. The predicted octanol–water partition coefficient (Wildman–Crippen LogP) is 8.50. The molecule has 4 fully saturated rings. The average molecular weight is 373 g/mol. The van der Waals surface area contributed by atoms with Crippen molar-refractivity contribution in [1.82, 2.24) is 0 Å². The molecule has 0 aliphatic heterocycles. The van der Waals surface area contributed by atoms with Gasteiger partial charge in [0, 0.05) is 0 Å². The lowest BCUT2D eigenvalue weighted by atomic mass is 9.44. The molecule has 0 nitrogen and oxygen atoms in total. The minimum Gasteiger partial charge on any atom is -0.0628 e. The van der Waals surface area contributed by atoms with Gasteiger partial charge in [0.05, 0.1) is 0 Å². The molecule has 4 aliphatic carbocycles. The van der Waals surface area contributed by atoms with Crippen molar-refractivity contribution in [3.63, 3.8) is 0 Å². The first kappa shape index (κ1) is 20.3. The standard InChI is InChI=1S/C27H48/c1-19(2)9-8-10-20(3)23-14-15-24-22-13-12-21-11-6-7-17-26(21,4)25(22)16-18-27(23,24)5/h19-25H,6-18H2,1-5H3/t20-,21+,22?,23-,24+,25?,26-,27+/m0/s1. The van der Waals surface area contributed by atoms with E-state index in [0.29, 0.717) is 10.8 Å². The van der Waals surface area contributed by atoms with Crippen LogP contribution in [0.25, 0.3) is 0 Å². The van der Waals surface area contributed by atoms with E-state index in [-0.39, 0.29) is 0 Å². The lowest BCUT2D eigenvalue weighted by molar-refractivity contribution is -0.114. The summed E-state index contributed by atoms with van der Waals surface area (Å²) in [6.07, 6.45) is 19.9. The van der Waals surface area contributed by atoms with Crippen LogP contribution in [0.3, 0.4) is 0 Å². The number of hydrogen-bond donors (Lipinski definition) is 0. The molecule has 2 unspecified atom stereocenters. The zero-order valence-electron chi connectivity index (χ0n) is 19.2. The van der Waals surface area contributed by atoms with E-state index in [4.69, 9.17) is 0 Å². The van der Waals surface area contributed by atoms with E-state index in [9.17, 15) is 0 Å². The summed E-state index contributed by atoms with van der Waals surface area (Å²) in [5.41, 5.74) is 1.39. The molecule has 0 aromatic rings. The third-order valence-corrected chi connectivity index (χ3v) is 10.8. The van der Waals surface area contributed by atoms with Gasteiger partial charge in [-0.1, -0.05) is 66.7 Å². The maximum Gasteiger partial charge on any atom is -0.0264 e. The molecule has 0 bridgehead atoms. The highest BCUT2D eigenvalue weighted by atomic mass is 14.6. The van der Waals surface area contributed by atoms with Crippen LogP contribution in [0.4, 0.5) is 0 Å². The van der Waals surface area contributed by atoms with Gasteiger partial charge in [-0.05, 0) is 104 Å². The zero-order valence-corrected chi connectivity index (χ0v) is 19.2. The van der Waals surface area contributed by atoms with Crippen LogP contribution in [0.15, 0.2) is 0 Å². The maximum absolute atomic E-state index is 2.75. The number of rotatable bonds is 5. The molecular weight excluding hydrogens is 324 g/mol. The summed E-state index contributed by atoms with van der Waals surface area (Å²) < 4.78 is 0. The van der Waals surface area contributed by atoms with Crippen molar-refractivity contribution in [2.75, 3.05) is 0 Å². The molecule has 0 aromatic carbocycles. The Morgan fingerprint density at radius 2 is 1.52 bits per heavy atom. The Bertz CT molecular complexity index is 506. The fourth-order valence-corrected chi connectivity index (χ4v) is 9.32. The summed E-state index contributed by atoms with van der Waals surface area (Å²) in [7, 11) is 0. The summed E-state index contributed by atoms with van der Waals surface area (Å²) >= 11 is 0. The molecule has 0 heterocycles. The van der Waals surface area contributed by atoms with Gasteiger partial charge in [-0.3, -0.25) is 0 Å². The molecule has 156 valence electrons. The summed E-state index contributed by atoms with van der Waals surface area (Å²) in [6, 6.07) is 0. The lowest BCUT2D eigenvalue weighted by Gasteiger charge is -2.61. The summed E-state index contributed by atoms with van der Waals surface area (Å²) in [5.74, 6) is 7.15. The van der Waals surface area contributed by atoms with E-state index < -0.39 is 0 Å². The third-order valence-electron chi connectivity index (χ3n) is 10.8. The van der Waals surface area contributed by atoms with Crippen LogP contribution in [0, 0.1) is 52.3 Å². The predicted molar refractivity (Wildman–Crippen MR) is 118 cm³/mol. The molecule has 27 heavy (non-hydrogen) atoms. The maximum atomic E-state index is 2.75. The van der Waals surface area contributed by atoms with E-state index in [0.717, 1.165) is 41.4 Å². The molecule has 0 radical (unpaired) electrons. The first-order valence-corrected chi connectivity index (χ1v) is 12.9. The highest BCUT2D eigenvalue weighted by Gasteiger charge is 2.59. The van der Waals surface area contributed by atoms with Gasteiger partial charge < -0.3 is 0 Å². The first-order chi connectivity index (χ1) is 12.9. The average Bonchev–Trinajstić information content (AvgIpc) is 2.98. The van der Waals surface area contributed by atoms with Gasteiger partial charge in [0.25, 0.3) is 0 Å². The molecule has 0 amide bonds. The monoisotopic (exact) mass is 372 g/mol. The normalized spacial score (nSPS) is 48.0. The molecular formula is C27H48. The fourth-order valence-electron chi connectivity index (χ4n) is 9.32. The van der Waals surface area contributed by atoms with E-state index in [1.807, 2.05) is 0 Å². The minimum absolute atomic E-state index is 0.677. The van der Waals surface area contributed by atoms with Gasteiger partial charge in [0.2, 0.25) is 0 Å². The molecule has 0 N–H and O–H groups in total. The Labute approximate surface area is 170 Å². The molecule has 0 saturated heterocycles. The number of hydrogen-bond acceptors (Lipinski definition) is 0. The quantitative estimate of drug-likeness (QED) is 0.453. The van der Waals surface area contributed by atoms with Crippen molar-refractivity contribution in [3.8, 4) is 0 Å². The van der Waals surface area contributed by atoms with Crippen molar-refractivity contribution in [2.24, 2.45) is 52.3 Å². The van der Waals surface area contributed by atoms with Gasteiger partial charge in [0.1, 0.15) is 0 Å². The zero-order chi connectivity index (χ0) is 19.2. The van der Waals surface area contributed by atoms with Crippen LogP contribution < -0.4 is 0 Å². The van der Waals surface area contributed by atoms with Crippen molar-refractivity contribution in [2.45, 2.75) is 118 Å². The number of fused-ring (bicyclic) bond motifs is 5. The van der Waals surface area contributed by atoms with Crippen molar-refractivity contribution in [3.05, 3.63) is 0 Å². The van der Waals surface area contributed by atoms with Crippen LogP contribution in [0.5, 0.6) is 0 Å². The van der Waals surface area contributed by atoms with E-state index >= 15 is 0 Å². The molecule has 8 atom stereocenters. The Morgan fingerprint density at radius 3 is 2.30 bits per heavy atom. The Balaban J connectivity index is 1.46. The van der Waals surface area contributed by atoms with E-state index in [1.54, 1.807) is 51.4 Å². The molecule has 0 heteroatoms. The molecule has 4 rings (SSSR count). The Kier molecular flexibility index (Phi) is 5.77. The molecule has 4 saturated carbocycles. The van der Waals surface area contributed by atoms with Crippen molar-refractivity contribution in [1.29, 1.82) is 0 Å². The summed E-state index contributed by atoms with van der Waals surface area (Å²) in [4.78, 5) is 0. The van der Waals surface area contributed by atoms with Gasteiger partial charge in [0.15, 0.2) is 0 Å². The van der Waals surface area contributed by atoms with Crippen LogP contribution in [0.2, 0.25) is 0 Å². The topological polar surface area (TPSA) is 0 Å². The van der Waals surface area contributed by atoms with Crippen molar-refractivity contribution >= 4 is 0 Å². The molecule has 0 aromatic heterocycles. The van der Waals surface area contributed by atoms with Crippen molar-refractivity contribution < 1.29 is 0 Å². The second-order valence-corrected chi connectivity index (χ2v) is 12.4. The van der Waals surface area contributed by atoms with Crippen LogP contribution in [0.1, 0.15) is 118 Å². The molecule has 4 aliphatic rings. The Hall–Kier alpha value is 0. The highest BCUT2D eigenvalue weighted by molar-refractivity contribution is 5.09. The summed E-state index contributed by atoms with van der Waals surface area (Å²) in [6.45, 7) is 12.9. The van der Waals surface area contributed by atoms with Crippen LogP contribution in [-0.4, -0.2) is 0 Å². The fraction of sp³-hybridized carbons (Fsp3) is 1.00. The highest BCUT2D eigenvalue weighted by Crippen LogP contribution is 2.68.